The minimum absolute atomic E-state index is 0.00850. The number of carbonyl (C=O) groups excluding carboxylic acids is 1. The van der Waals surface area contributed by atoms with E-state index in [9.17, 15) is 4.79 Å². The molecule has 0 bridgehead atoms. The molecule has 5 nitrogen and oxygen atoms in total. The van der Waals surface area contributed by atoms with Crippen LogP contribution in [0.15, 0.2) is 60.7 Å². The lowest BCUT2D eigenvalue weighted by molar-refractivity contribution is 0.0628. The van der Waals surface area contributed by atoms with Crippen molar-refractivity contribution in [1.29, 1.82) is 0 Å². The first kappa shape index (κ1) is 24.7. The Labute approximate surface area is 214 Å². The molecule has 178 valence electrons. The van der Waals surface area contributed by atoms with E-state index in [1.54, 1.807) is 37.4 Å². The van der Waals surface area contributed by atoms with Crippen molar-refractivity contribution in [2.45, 2.75) is 13.2 Å². The molecule has 1 heterocycles. The van der Waals surface area contributed by atoms with Gasteiger partial charge in [-0.3, -0.25) is 9.69 Å². The molecule has 1 fully saturated rings. The number of ether oxygens (including phenoxy) is 2. The molecule has 0 aliphatic carbocycles. The summed E-state index contributed by atoms with van der Waals surface area (Å²) in [6.07, 6.45) is 0. The highest BCUT2D eigenvalue weighted by Crippen LogP contribution is 2.27. The molecule has 0 saturated carbocycles. The van der Waals surface area contributed by atoms with E-state index < -0.39 is 0 Å². The maximum absolute atomic E-state index is 13.2. The van der Waals surface area contributed by atoms with Crippen molar-refractivity contribution < 1.29 is 14.3 Å². The molecular weight excluding hydrogens is 495 g/mol. The van der Waals surface area contributed by atoms with Crippen LogP contribution in [0, 0.1) is 0 Å². The number of piperazine rings is 1. The molecule has 3 aromatic rings. The third kappa shape index (κ3) is 5.97. The highest BCUT2D eigenvalue weighted by Gasteiger charge is 2.24. The van der Waals surface area contributed by atoms with Crippen molar-refractivity contribution in [3.8, 4) is 11.5 Å². The lowest BCUT2D eigenvalue weighted by atomic mass is 10.1. The lowest BCUT2D eigenvalue weighted by Crippen LogP contribution is -2.48. The van der Waals surface area contributed by atoms with Gasteiger partial charge in [0.25, 0.3) is 5.91 Å². The molecule has 1 amide bonds. The summed E-state index contributed by atoms with van der Waals surface area (Å²) in [5.41, 5.74) is 2.33. The lowest BCUT2D eigenvalue weighted by Gasteiger charge is -2.35. The van der Waals surface area contributed by atoms with E-state index in [1.807, 2.05) is 35.2 Å². The van der Waals surface area contributed by atoms with Gasteiger partial charge in [-0.1, -0.05) is 40.9 Å². The quantitative estimate of drug-likeness (QED) is 0.373. The second-order valence-corrected chi connectivity index (χ2v) is 9.29. The predicted molar refractivity (Wildman–Crippen MR) is 136 cm³/mol. The zero-order valence-corrected chi connectivity index (χ0v) is 21.0. The van der Waals surface area contributed by atoms with Gasteiger partial charge in [-0.2, -0.15) is 0 Å². The first-order valence-electron chi connectivity index (χ1n) is 10.9. The van der Waals surface area contributed by atoms with Gasteiger partial charge in [0, 0.05) is 64.5 Å². The van der Waals surface area contributed by atoms with Crippen LogP contribution in [0.3, 0.4) is 0 Å². The Bertz CT molecular complexity index is 1130. The Kier molecular flexibility index (Phi) is 8.22. The number of halogens is 3. The fourth-order valence-electron chi connectivity index (χ4n) is 3.91. The van der Waals surface area contributed by atoms with Gasteiger partial charge >= 0.3 is 0 Å². The highest BCUT2D eigenvalue weighted by atomic mass is 35.5. The van der Waals surface area contributed by atoms with Gasteiger partial charge in [0.2, 0.25) is 0 Å². The number of hydrogen-bond donors (Lipinski definition) is 0. The maximum atomic E-state index is 13.2. The normalized spacial score (nSPS) is 14.2. The van der Waals surface area contributed by atoms with E-state index in [2.05, 4.69) is 4.90 Å². The molecule has 0 radical (unpaired) electrons. The van der Waals surface area contributed by atoms with E-state index in [1.165, 1.54) is 0 Å². The number of rotatable bonds is 7. The minimum Gasteiger partial charge on any atom is -0.496 e. The number of nitrogens with zero attached hydrogens (tertiary/aromatic N) is 2. The molecule has 1 aliphatic heterocycles. The van der Waals surface area contributed by atoms with Gasteiger partial charge in [0.15, 0.2) is 0 Å². The molecule has 0 atom stereocenters. The van der Waals surface area contributed by atoms with E-state index in [-0.39, 0.29) is 12.5 Å². The number of methoxy groups -OCH3 is 1. The number of hydrogen-bond acceptors (Lipinski definition) is 4. The van der Waals surface area contributed by atoms with E-state index >= 15 is 0 Å². The molecule has 34 heavy (non-hydrogen) atoms. The number of amides is 1. The predicted octanol–water partition coefficient (Wildman–Crippen LogP) is 6.19. The Morgan fingerprint density at radius 1 is 0.912 bits per heavy atom. The average Bonchev–Trinajstić information content (AvgIpc) is 2.86. The van der Waals surface area contributed by atoms with Crippen molar-refractivity contribution in [2.75, 3.05) is 33.3 Å². The summed E-state index contributed by atoms with van der Waals surface area (Å²) in [5.74, 6) is 1.36. The molecule has 0 unspecified atom stereocenters. The topological polar surface area (TPSA) is 42.0 Å². The summed E-state index contributed by atoms with van der Waals surface area (Å²) >= 11 is 18.6. The molecule has 0 spiro atoms. The molecule has 3 aromatic carbocycles. The van der Waals surface area contributed by atoms with Gasteiger partial charge in [-0.25, -0.2) is 0 Å². The first-order valence-corrected chi connectivity index (χ1v) is 12.1. The Morgan fingerprint density at radius 3 is 2.24 bits per heavy atom. The van der Waals surface area contributed by atoms with Crippen LogP contribution in [0.25, 0.3) is 0 Å². The Hall–Kier alpha value is -2.44. The molecule has 1 saturated heterocycles. The standard InChI is InChI=1S/C26H25Cl3N2O3/c1-33-25-10-5-18(15-19(25)17-34-21-8-6-20(27)7-9-21)26(32)31-13-11-30(12-14-31)16-22-23(28)3-2-4-24(22)29/h2-10,15H,11-14,16-17H2,1H3. The third-order valence-corrected chi connectivity index (χ3v) is 6.80. The van der Waals surface area contributed by atoms with Gasteiger partial charge in [-0.05, 0) is 54.6 Å². The summed E-state index contributed by atoms with van der Waals surface area (Å²) in [7, 11) is 1.60. The zero-order valence-electron chi connectivity index (χ0n) is 18.8. The summed E-state index contributed by atoms with van der Waals surface area (Å²) in [4.78, 5) is 17.3. The SMILES string of the molecule is COc1ccc(C(=O)N2CCN(Cc3c(Cl)cccc3Cl)CC2)cc1COc1ccc(Cl)cc1. The molecule has 0 aromatic heterocycles. The summed E-state index contributed by atoms with van der Waals surface area (Å²) < 4.78 is 11.3. The Morgan fingerprint density at radius 2 is 1.59 bits per heavy atom. The molecule has 0 N–H and O–H groups in total. The summed E-state index contributed by atoms with van der Waals surface area (Å²) in [5, 5.41) is 1.97. The second kappa shape index (κ2) is 11.3. The summed E-state index contributed by atoms with van der Waals surface area (Å²) in [6, 6.07) is 18.1. The van der Waals surface area contributed by atoms with E-state index in [4.69, 9.17) is 44.3 Å². The fraction of sp³-hybridized carbons (Fsp3) is 0.269. The smallest absolute Gasteiger partial charge is 0.253 e. The first-order chi connectivity index (χ1) is 16.4. The van der Waals surface area contributed by atoms with Crippen molar-refractivity contribution in [3.63, 3.8) is 0 Å². The van der Waals surface area contributed by atoms with Crippen LogP contribution in [-0.2, 0) is 13.2 Å². The summed E-state index contributed by atoms with van der Waals surface area (Å²) in [6.45, 7) is 3.69. The van der Waals surface area contributed by atoms with Gasteiger partial charge in [0.05, 0.1) is 7.11 Å². The minimum atomic E-state index is -0.00850. The fourth-order valence-corrected chi connectivity index (χ4v) is 4.56. The zero-order chi connectivity index (χ0) is 24.1. The molecular formula is C26H25Cl3N2O3. The van der Waals surface area contributed by atoms with Crippen LogP contribution >= 0.6 is 34.8 Å². The number of carbonyl (C=O) groups is 1. The molecule has 4 rings (SSSR count). The molecule has 1 aliphatic rings. The highest BCUT2D eigenvalue weighted by molar-refractivity contribution is 6.36. The maximum Gasteiger partial charge on any atom is 0.253 e. The van der Waals surface area contributed by atoms with Crippen LogP contribution < -0.4 is 9.47 Å². The van der Waals surface area contributed by atoms with E-state index in [0.717, 1.165) is 24.2 Å². The molecule has 8 heteroatoms. The monoisotopic (exact) mass is 518 g/mol. The van der Waals surface area contributed by atoms with Crippen LogP contribution in [0.2, 0.25) is 15.1 Å². The van der Waals surface area contributed by atoms with Crippen LogP contribution in [0.5, 0.6) is 11.5 Å². The van der Waals surface area contributed by atoms with Gasteiger partial charge < -0.3 is 14.4 Å². The van der Waals surface area contributed by atoms with Crippen molar-refractivity contribution in [2.24, 2.45) is 0 Å². The van der Waals surface area contributed by atoms with E-state index in [0.29, 0.717) is 51.8 Å². The van der Waals surface area contributed by atoms with Crippen molar-refractivity contribution in [3.05, 3.63) is 92.4 Å². The van der Waals surface area contributed by atoms with Crippen LogP contribution in [-0.4, -0.2) is 49.0 Å². The third-order valence-electron chi connectivity index (χ3n) is 5.84. The van der Waals surface area contributed by atoms with Crippen LogP contribution in [0.1, 0.15) is 21.5 Å². The van der Waals surface area contributed by atoms with Crippen molar-refractivity contribution >= 4 is 40.7 Å². The van der Waals surface area contributed by atoms with Crippen molar-refractivity contribution in [1.82, 2.24) is 9.80 Å². The average molecular weight is 520 g/mol. The van der Waals surface area contributed by atoms with Gasteiger partial charge in [-0.15, -0.1) is 0 Å². The van der Waals surface area contributed by atoms with Crippen LogP contribution in [0.4, 0.5) is 0 Å². The number of benzene rings is 3. The Balaban J connectivity index is 1.39. The second-order valence-electron chi connectivity index (χ2n) is 8.04. The largest absolute Gasteiger partial charge is 0.496 e. The van der Waals surface area contributed by atoms with Gasteiger partial charge in [0.1, 0.15) is 18.1 Å².